The zero-order chi connectivity index (χ0) is 16.7. The number of aromatic nitrogens is 2. The Bertz CT molecular complexity index is 600. The molecule has 2 saturated heterocycles. The molecule has 1 amide bonds. The third-order valence-corrected chi connectivity index (χ3v) is 5.95. The van der Waals surface area contributed by atoms with Gasteiger partial charge < -0.3 is 10.0 Å². The maximum atomic E-state index is 13.1. The Labute approximate surface area is 143 Å². The normalized spacial score (nSPS) is 27.8. The van der Waals surface area contributed by atoms with Crippen LogP contribution in [0.25, 0.3) is 0 Å². The van der Waals surface area contributed by atoms with Crippen LogP contribution < -0.4 is 0 Å². The summed E-state index contributed by atoms with van der Waals surface area (Å²) in [6, 6.07) is 0. The fourth-order valence-electron chi connectivity index (χ4n) is 4.41. The van der Waals surface area contributed by atoms with Gasteiger partial charge in [-0.3, -0.25) is 14.4 Å². The van der Waals surface area contributed by atoms with Crippen LogP contribution in [-0.2, 0) is 18.4 Å². The molecule has 6 heteroatoms. The summed E-state index contributed by atoms with van der Waals surface area (Å²) in [6.07, 6.45) is 8.47. The highest BCUT2D eigenvalue weighted by atomic mass is 16.3. The lowest BCUT2D eigenvalue weighted by molar-refractivity contribution is -0.157. The first-order valence-corrected chi connectivity index (χ1v) is 9.21. The zero-order valence-electron chi connectivity index (χ0n) is 14.5. The van der Waals surface area contributed by atoms with Crippen molar-refractivity contribution >= 4 is 5.91 Å². The Morgan fingerprint density at radius 3 is 2.71 bits per heavy atom. The van der Waals surface area contributed by atoms with E-state index >= 15 is 0 Å². The molecule has 0 bridgehead atoms. The number of aryl methyl sites for hydroxylation is 1. The molecule has 1 aliphatic carbocycles. The maximum absolute atomic E-state index is 13.1. The number of hydrogen-bond acceptors (Lipinski definition) is 4. The van der Waals surface area contributed by atoms with Crippen molar-refractivity contribution in [1.29, 1.82) is 0 Å². The minimum Gasteiger partial charge on any atom is -0.391 e. The predicted molar refractivity (Wildman–Crippen MR) is 90.1 cm³/mol. The summed E-state index contributed by atoms with van der Waals surface area (Å²) in [6.45, 7) is 4.13. The third kappa shape index (κ3) is 3.22. The number of hydrogen-bond donors (Lipinski definition) is 1. The number of carbonyl (C=O) groups excluding carboxylic acids is 1. The van der Waals surface area contributed by atoms with Gasteiger partial charge in [-0.25, -0.2) is 0 Å². The highest BCUT2D eigenvalue weighted by molar-refractivity contribution is 5.84. The van der Waals surface area contributed by atoms with Crippen molar-refractivity contribution in [2.24, 2.45) is 18.4 Å². The Morgan fingerprint density at radius 2 is 2.08 bits per heavy atom. The molecule has 3 fully saturated rings. The Kier molecular flexibility index (Phi) is 4.12. The van der Waals surface area contributed by atoms with E-state index in [-0.39, 0.29) is 11.5 Å². The number of nitrogens with zero attached hydrogens (tertiary/aromatic N) is 4. The van der Waals surface area contributed by atoms with Crippen LogP contribution in [-0.4, -0.2) is 62.9 Å². The van der Waals surface area contributed by atoms with Crippen LogP contribution in [0.15, 0.2) is 12.4 Å². The van der Waals surface area contributed by atoms with Crippen molar-refractivity contribution in [2.75, 3.05) is 26.2 Å². The van der Waals surface area contributed by atoms with Gasteiger partial charge in [0, 0.05) is 38.4 Å². The summed E-state index contributed by atoms with van der Waals surface area (Å²) in [7, 11) is 1.94. The van der Waals surface area contributed by atoms with Crippen LogP contribution in [0.4, 0.5) is 0 Å². The molecule has 1 unspecified atom stereocenters. The lowest BCUT2D eigenvalue weighted by Crippen LogP contribution is -2.57. The molecule has 4 rings (SSSR count). The molecule has 1 saturated carbocycles. The minimum atomic E-state index is -0.355. The topological polar surface area (TPSA) is 61.6 Å². The van der Waals surface area contributed by atoms with Gasteiger partial charge in [-0.05, 0) is 51.1 Å². The second kappa shape index (κ2) is 6.15. The smallest absolute Gasteiger partial charge is 0.229 e. The molecular formula is C18H28N4O2. The quantitative estimate of drug-likeness (QED) is 0.894. The standard InChI is InChI=1S/C18H28N4O2/c1-20-10-15(9-19-20)11-21-6-4-18(5-7-21)8-16(23)13-22(17(18)24)12-14-2-3-14/h9-10,14,16,23H,2-8,11-13H2,1H3. The molecule has 3 aliphatic rings. The van der Waals surface area contributed by atoms with Crippen molar-refractivity contribution < 1.29 is 9.90 Å². The molecular weight excluding hydrogens is 304 g/mol. The van der Waals surface area contributed by atoms with E-state index in [1.807, 2.05) is 22.8 Å². The molecule has 1 spiro atoms. The molecule has 24 heavy (non-hydrogen) atoms. The SMILES string of the molecule is Cn1cc(CN2CCC3(CC2)CC(O)CN(CC2CC2)C3=O)cn1. The second-order valence-corrected chi connectivity index (χ2v) is 8.09. The fraction of sp³-hybridized carbons (Fsp3) is 0.778. The number of β-amino-alcohol motifs (C(OH)–C–C–N with tert-alkyl or cyclic N) is 1. The number of carbonyl (C=O) groups is 1. The molecule has 2 aliphatic heterocycles. The molecule has 132 valence electrons. The molecule has 1 aromatic heterocycles. The molecule has 1 N–H and O–H groups in total. The summed E-state index contributed by atoms with van der Waals surface area (Å²) in [5.41, 5.74) is 0.900. The first-order valence-electron chi connectivity index (χ1n) is 9.21. The molecule has 6 nitrogen and oxygen atoms in total. The second-order valence-electron chi connectivity index (χ2n) is 8.09. The van der Waals surface area contributed by atoms with Gasteiger partial charge in [0.25, 0.3) is 0 Å². The van der Waals surface area contributed by atoms with Gasteiger partial charge in [-0.2, -0.15) is 5.10 Å². The van der Waals surface area contributed by atoms with Gasteiger partial charge in [0.1, 0.15) is 0 Å². The van der Waals surface area contributed by atoms with Gasteiger partial charge in [0.2, 0.25) is 5.91 Å². The van der Waals surface area contributed by atoms with Crippen molar-refractivity contribution in [3.63, 3.8) is 0 Å². The summed E-state index contributed by atoms with van der Waals surface area (Å²) in [5, 5.41) is 14.6. The van der Waals surface area contributed by atoms with E-state index in [0.29, 0.717) is 24.8 Å². The molecule has 0 aromatic carbocycles. The number of aliphatic hydroxyl groups excluding tert-OH is 1. The van der Waals surface area contributed by atoms with E-state index in [1.165, 1.54) is 18.4 Å². The number of rotatable bonds is 4. The summed E-state index contributed by atoms with van der Waals surface area (Å²) in [5.74, 6) is 0.989. The van der Waals surface area contributed by atoms with Crippen LogP contribution >= 0.6 is 0 Å². The minimum absolute atomic E-state index is 0.306. The highest BCUT2D eigenvalue weighted by Crippen LogP contribution is 2.42. The van der Waals surface area contributed by atoms with Crippen molar-refractivity contribution in [2.45, 2.75) is 44.8 Å². The van der Waals surface area contributed by atoms with E-state index in [1.54, 1.807) is 0 Å². The first-order chi connectivity index (χ1) is 11.5. The number of aliphatic hydroxyl groups is 1. The van der Waals surface area contributed by atoms with Gasteiger partial charge >= 0.3 is 0 Å². The van der Waals surface area contributed by atoms with E-state index in [2.05, 4.69) is 16.2 Å². The lowest BCUT2D eigenvalue weighted by Gasteiger charge is -2.48. The third-order valence-electron chi connectivity index (χ3n) is 5.95. The van der Waals surface area contributed by atoms with Gasteiger partial charge in [0.15, 0.2) is 0 Å². The number of amides is 1. The van der Waals surface area contributed by atoms with E-state index in [0.717, 1.165) is 39.0 Å². The molecule has 1 atom stereocenters. The van der Waals surface area contributed by atoms with E-state index < -0.39 is 0 Å². The van der Waals surface area contributed by atoms with Gasteiger partial charge in [-0.1, -0.05) is 0 Å². The van der Waals surface area contributed by atoms with E-state index in [4.69, 9.17) is 0 Å². The number of piperidine rings is 2. The van der Waals surface area contributed by atoms with Gasteiger partial charge in [0.05, 0.1) is 17.7 Å². The fourth-order valence-corrected chi connectivity index (χ4v) is 4.41. The van der Waals surface area contributed by atoms with Crippen LogP contribution in [0.3, 0.4) is 0 Å². The van der Waals surface area contributed by atoms with Crippen molar-refractivity contribution in [3.05, 3.63) is 18.0 Å². The lowest BCUT2D eigenvalue weighted by atomic mass is 9.70. The van der Waals surface area contributed by atoms with Crippen LogP contribution in [0.1, 0.15) is 37.7 Å². The van der Waals surface area contributed by atoms with Crippen LogP contribution in [0, 0.1) is 11.3 Å². The molecule has 1 aromatic rings. The summed E-state index contributed by atoms with van der Waals surface area (Å²) in [4.78, 5) is 17.4. The Balaban J connectivity index is 1.39. The molecule has 0 radical (unpaired) electrons. The van der Waals surface area contributed by atoms with E-state index in [9.17, 15) is 9.90 Å². The maximum Gasteiger partial charge on any atom is 0.229 e. The number of likely N-dealkylation sites (tertiary alicyclic amines) is 2. The van der Waals surface area contributed by atoms with Crippen LogP contribution in [0.2, 0.25) is 0 Å². The molecule has 3 heterocycles. The first kappa shape index (κ1) is 16.1. The van der Waals surface area contributed by atoms with Gasteiger partial charge in [-0.15, -0.1) is 0 Å². The Hall–Kier alpha value is -1.40. The monoisotopic (exact) mass is 332 g/mol. The average Bonchev–Trinajstić information content (AvgIpc) is 3.27. The summed E-state index contributed by atoms with van der Waals surface area (Å²) < 4.78 is 1.83. The average molecular weight is 332 g/mol. The predicted octanol–water partition coefficient (Wildman–Crippen LogP) is 1.01. The van der Waals surface area contributed by atoms with Crippen LogP contribution in [0.5, 0.6) is 0 Å². The largest absolute Gasteiger partial charge is 0.391 e. The Morgan fingerprint density at radius 1 is 1.33 bits per heavy atom. The highest BCUT2D eigenvalue weighted by Gasteiger charge is 2.49. The summed E-state index contributed by atoms with van der Waals surface area (Å²) >= 11 is 0. The van der Waals surface area contributed by atoms with Crippen molar-refractivity contribution in [3.8, 4) is 0 Å². The van der Waals surface area contributed by atoms with Crippen molar-refractivity contribution in [1.82, 2.24) is 19.6 Å². The zero-order valence-corrected chi connectivity index (χ0v) is 14.5.